The lowest BCUT2D eigenvalue weighted by Crippen LogP contribution is -2.32. The number of thiazole rings is 1. The summed E-state index contributed by atoms with van der Waals surface area (Å²) in [5.74, 6) is 0.483. The van der Waals surface area contributed by atoms with Crippen LogP contribution in [0.15, 0.2) is 6.20 Å². The minimum Gasteiger partial charge on any atom is -0.355 e. The van der Waals surface area contributed by atoms with Crippen molar-refractivity contribution < 1.29 is 4.79 Å². The van der Waals surface area contributed by atoms with E-state index in [1.165, 1.54) is 11.3 Å². The van der Waals surface area contributed by atoms with Gasteiger partial charge in [-0.2, -0.15) is 0 Å². The fourth-order valence-electron chi connectivity index (χ4n) is 1.33. The normalized spacial score (nSPS) is 15.1. The van der Waals surface area contributed by atoms with Gasteiger partial charge in [0.1, 0.15) is 9.34 Å². The van der Waals surface area contributed by atoms with Crippen LogP contribution >= 0.6 is 22.9 Å². The van der Waals surface area contributed by atoms with Crippen molar-refractivity contribution in [2.24, 2.45) is 5.92 Å². The van der Waals surface area contributed by atoms with Crippen LogP contribution in [-0.4, -0.2) is 24.0 Å². The van der Waals surface area contributed by atoms with Gasteiger partial charge in [-0.25, -0.2) is 4.98 Å². The summed E-state index contributed by atoms with van der Waals surface area (Å²) in [6, 6.07) is 0. The Bertz CT molecular complexity index is 365. The van der Waals surface area contributed by atoms with Crippen LogP contribution < -0.4 is 10.6 Å². The van der Waals surface area contributed by atoms with E-state index >= 15 is 0 Å². The van der Waals surface area contributed by atoms with Crippen LogP contribution in [0.25, 0.3) is 0 Å². The largest absolute Gasteiger partial charge is 0.355 e. The molecular formula is C10H14ClN3OS. The van der Waals surface area contributed by atoms with Crippen LogP contribution in [0.5, 0.6) is 0 Å². The van der Waals surface area contributed by atoms with Gasteiger partial charge in [-0.15, -0.1) is 11.3 Å². The summed E-state index contributed by atoms with van der Waals surface area (Å²) in [6.07, 6.45) is 3.76. The van der Waals surface area contributed by atoms with E-state index in [2.05, 4.69) is 15.6 Å². The average molecular weight is 260 g/mol. The molecule has 1 saturated carbocycles. The minimum absolute atomic E-state index is 0.194. The quantitative estimate of drug-likeness (QED) is 0.760. The number of aromatic nitrogens is 1. The molecule has 0 atom stereocenters. The molecule has 88 valence electrons. The third-order valence-electron chi connectivity index (χ3n) is 2.35. The SMILES string of the molecule is O=C(NCCNCc1ncc(Cl)s1)C1CC1. The molecule has 2 N–H and O–H groups in total. The monoisotopic (exact) mass is 259 g/mol. The van der Waals surface area contributed by atoms with E-state index < -0.39 is 0 Å². The molecule has 0 aromatic carbocycles. The molecule has 1 aromatic heterocycles. The second-order valence-electron chi connectivity index (χ2n) is 3.80. The molecule has 0 spiro atoms. The van der Waals surface area contributed by atoms with Crippen LogP contribution in [0.1, 0.15) is 17.8 Å². The van der Waals surface area contributed by atoms with Crippen molar-refractivity contribution in [3.8, 4) is 0 Å². The number of hydrogen-bond donors (Lipinski definition) is 2. The molecule has 1 aromatic rings. The number of amides is 1. The second-order valence-corrected chi connectivity index (χ2v) is 5.55. The summed E-state index contributed by atoms with van der Waals surface area (Å²) in [4.78, 5) is 15.4. The van der Waals surface area contributed by atoms with Gasteiger partial charge in [0.15, 0.2) is 0 Å². The molecule has 1 aliphatic carbocycles. The lowest BCUT2D eigenvalue weighted by Gasteiger charge is -2.04. The molecule has 0 aliphatic heterocycles. The first-order valence-electron chi connectivity index (χ1n) is 5.34. The Balaban J connectivity index is 1.53. The van der Waals surface area contributed by atoms with Gasteiger partial charge in [0.25, 0.3) is 0 Å². The minimum atomic E-state index is 0.194. The number of carbonyl (C=O) groups is 1. The number of carbonyl (C=O) groups excluding carboxylic acids is 1. The standard InChI is InChI=1S/C10H14ClN3OS/c11-8-5-14-9(16-8)6-12-3-4-13-10(15)7-1-2-7/h5,7,12H,1-4,6H2,(H,13,15). The Morgan fingerprint density at radius 3 is 3.00 bits per heavy atom. The van der Waals surface area contributed by atoms with E-state index in [1.54, 1.807) is 6.20 Å². The topological polar surface area (TPSA) is 54.0 Å². The fraction of sp³-hybridized carbons (Fsp3) is 0.600. The van der Waals surface area contributed by atoms with Crippen LogP contribution in [0, 0.1) is 5.92 Å². The van der Waals surface area contributed by atoms with Crippen molar-refractivity contribution in [1.82, 2.24) is 15.6 Å². The van der Waals surface area contributed by atoms with Gasteiger partial charge in [-0.05, 0) is 12.8 Å². The lowest BCUT2D eigenvalue weighted by molar-refractivity contribution is -0.122. The van der Waals surface area contributed by atoms with Crippen molar-refractivity contribution in [2.45, 2.75) is 19.4 Å². The maximum atomic E-state index is 11.3. The van der Waals surface area contributed by atoms with Crippen molar-refractivity contribution >= 4 is 28.8 Å². The van der Waals surface area contributed by atoms with Crippen LogP contribution in [0.3, 0.4) is 0 Å². The summed E-state index contributed by atoms with van der Waals surface area (Å²) in [5, 5.41) is 7.07. The predicted molar refractivity (Wildman–Crippen MR) is 64.6 cm³/mol. The predicted octanol–water partition coefficient (Wildman–Crippen LogP) is 1.41. The van der Waals surface area contributed by atoms with Gasteiger partial charge < -0.3 is 10.6 Å². The third kappa shape index (κ3) is 3.73. The summed E-state index contributed by atoms with van der Waals surface area (Å²) in [5.41, 5.74) is 0. The van der Waals surface area contributed by atoms with Gasteiger partial charge in [-0.1, -0.05) is 11.6 Å². The van der Waals surface area contributed by atoms with Gasteiger partial charge in [-0.3, -0.25) is 4.79 Å². The third-order valence-corrected chi connectivity index (χ3v) is 3.47. The molecule has 0 saturated heterocycles. The summed E-state index contributed by atoms with van der Waals surface area (Å²) in [6.45, 7) is 2.14. The van der Waals surface area contributed by atoms with Crippen molar-refractivity contribution in [3.05, 3.63) is 15.5 Å². The number of nitrogens with zero attached hydrogens (tertiary/aromatic N) is 1. The molecule has 1 heterocycles. The molecule has 1 fully saturated rings. The Labute approximate surface area is 103 Å². The second kappa shape index (κ2) is 5.61. The first-order valence-corrected chi connectivity index (χ1v) is 6.54. The molecule has 1 aliphatic rings. The highest BCUT2D eigenvalue weighted by Crippen LogP contribution is 2.28. The zero-order valence-corrected chi connectivity index (χ0v) is 10.4. The van der Waals surface area contributed by atoms with Crippen molar-refractivity contribution in [1.29, 1.82) is 0 Å². The first-order chi connectivity index (χ1) is 7.75. The molecule has 0 unspecified atom stereocenters. The Morgan fingerprint density at radius 1 is 1.56 bits per heavy atom. The van der Waals surface area contributed by atoms with Crippen LogP contribution in [-0.2, 0) is 11.3 Å². The first kappa shape index (κ1) is 11.8. The molecule has 1 amide bonds. The van der Waals surface area contributed by atoms with E-state index in [1.807, 2.05) is 0 Å². The lowest BCUT2D eigenvalue weighted by atomic mass is 10.4. The van der Waals surface area contributed by atoms with Gasteiger partial charge in [0.05, 0.1) is 6.20 Å². The van der Waals surface area contributed by atoms with E-state index in [9.17, 15) is 4.79 Å². The highest BCUT2D eigenvalue weighted by atomic mass is 35.5. The fourth-order valence-corrected chi connectivity index (χ4v) is 2.26. The number of nitrogens with one attached hydrogen (secondary N) is 2. The maximum absolute atomic E-state index is 11.3. The van der Waals surface area contributed by atoms with Gasteiger partial charge in [0, 0.05) is 25.6 Å². The van der Waals surface area contributed by atoms with Gasteiger partial charge >= 0.3 is 0 Å². The molecular weight excluding hydrogens is 246 g/mol. The molecule has 4 nitrogen and oxygen atoms in total. The Kier molecular flexibility index (Phi) is 4.15. The summed E-state index contributed by atoms with van der Waals surface area (Å²) >= 11 is 7.23. The highest BCUT2D eigenvalue weighted by Gasteiger charge is 2.28. The van der Waals surface area contributed by atoms with Crippen molar-refractivity contribution in [3.63, 3.8) is 0 Å². The van der Waals surface area contributed by atoms with E-state index in [-0.39, 0.29) is 11.8 Å². The van der Waals surface area contributed by atoms with E-state index in [4.69, 9.17) is 11.6 Å². The molecule has 2 rings (SSSR count). The molecule has 16 heavy (non-hydrogen) atoms. The number of halogens is 1. The van der Waals surface area contributed by atoms with Crippen LogP contribution in [0.4, 0.5) is 0 Å². The number of hydrogen-bond acceptors (Lipinski definition) is 4. The number of rotatable bonds is 6. The Hall–Kier alpha value is -0.650. The van der Waals surface area contributed by atoms with Gasteiger partial charge in [0.2, 0.25) is 5.91 Å². The average Bonchev–Trinajstić information content (AvgIpc) is 3.03. The smallest absolute Gasteiger partial charge is 0.223 e. The zero-order valence-electron chi connectivity index (χ0n) is 8.83. The Morgan fingerprint density at radius 2 is 2.38 bits per heavy atom. The summed E-state index contributed by atoms with van der Waals surface area (Å²) in [7, 11) is 0. The van der Waals surface area contributed by atoms with E-state index in [0.717, 1.165) is 24.4 Å². The molecule has 0 radical (unpaired) electrons. The van der Waals surface area contributed by atoms with Crippen LogP contribution in [0.2, 0.25) is 4.34 Å². The zero-order chi connectivity index (χ0) is 11.4. The van der Waals surface area contributed by atoms with E-state index in [0.29, 0.717) is 17.4 Å². The molecule has 0 bridgehead atoms. The molecule has 6 heteroatoms. The highest BCUT2D eigenvalue weighted by molar-refractivity contribution is 7.15. The summed E-state index contributed by atoms with van der Waals surface area (Å²) < 4.78 is 0.707. The van der Waals surface area contributed by atoms with Crippen molar-refractivity contribution in [2.75, 3.05) is 13.1 Å². The maximum Gasteiger partial charge on any atom is 0.223 e.